The summed E-state index contributed by atoms with van der Waals surface area (Å²) >= 11 is 1.54. The van der Waals surface area contributed by atoms with Crippen LogP contribution in [0.4, 0.5) is 5.82 Å². The SMILES string of the molecule is C=CCSCC(=O)Nc1ccnn1CCc1ccccc1. The normalized spacial score (nSPS) is 10.3. The predicted molar refractivity (Wildman–Crippen MR) is 88.5 cm³/mol. The number of carbonyl (C=O) groups is 1. The summed E-state index contributed by atoms with van der Waals surface area (Å²) in [5.41, 5.74) is 1.26. The molecule has 0 fully saturated rings. The Kier molecular flexibility index (Phi) is 6.09. The smallest absolute Gasteiger partial charge is 0.235 e. The second-order valence-corrected chi connectivity index (χ2v) is 5.56. The molecule has 4 nitrogen and oxygen atoms in total. The molecule has 2 aromatic rings. The van der Waals surface area contributed by atoms with Crippen molar-refractivity contribution in [1.82, 2.24) is 9.78 Å². The van der Waals surface area contributed by atoms with Gasteiger partial charge in [0, 0.05) is 18.4 Å². The predicted octanol–water partition coefficient (Wildman–Crippen LogP) is 2.98. The number of aryl methyl sites for hydroxylation is 2. The quantitative estimate of drug-likeness (QED) is 0.602. The van der Waals surface area contributed by atoms with Gasteiger partial charge in [-0.2, -0.15) is 5.10 Å². The lowest BCUT2D eigenvalue weighted by Gasteiger charge is -2.09. The second kappa shape index (κ2) is 8.32. The van der Waals surface area contributed by atoms with Crippen molar-refractivity contribution >= 4 is 23.5 Å². The number of anilines is 1. The molecule has 0 atom stereocenters. The number of amides is 1. The third-order valence-electron chi connectivity index (χ3n) is 2.91. The third-order valence-corrected chi connectivity index (χ3v) is 3.85. The molecule has 21 heavy (non-hydrogen) atoms. The van der Waals surface area contributed by atoms with Crippen molar-refractivity contribution in [3.05, 3.63) is 60.8 Å². The van der Waals surface area contributed by atoms with Crippen LogP contribution >= 0.6 is 11.8 Å². The van der Waals surface area contributed by atoms with E-state index in [-0.39, 0.29) is 5.91 Å². The summed E-state index contributed by atoms with van der Waals surface area (Å²) in [6, 6.07) is 12.1. The summed E-state index contributed by atoms with van der Waals surface area (Å²) in [5.74, 6) is 1.94. The van der Waals surface area contributed by atoms with Gasteiger partial charge in [0.15, 0.2) is 0 Å². The van der Waals surface area contributed by atoms with Crippen molar-refractivity contribution in [2.45, 2.75) is 13.0 Å². The van der Waals surface area contributed by atoms with Crippen molar-refractivity contribution in [3.63, 3.8) is 0 Å². The van der Waals surface area contributed by atoms with Gasteiger partial charge in [0.2, 0.25) is 5.91 Å². The topological polar surface area (TPSA) is 46.9 Å². The first-order chi connectivity index (χ1) is 10.3. The average Bonchev–Trinajstić information content (AvgIpc) is 2.93. The van der Waals surface area contributed by atoms with Crippen molar-refractivity contribution in [1.29, 1.82) is 0 Å². The first kappa shape index (κ1) is 15.4. The fourth-order valence-electron chi connectivity index (χ4n) is 1.91. The van der Waals surface area contributed by atoms with Gasteiger partial charge in [-0.05, 0) is 12.0 Å². The fraction of sp³-hybridized carbons (Fsp3) is 0.250. The lowest BCUT2D eigenvalue weighted by Crippen LogP contribution is -2.18. The zero-order chi connectivity index (χ0) is 14.9. The summed E-state index contributed by atoms with van der Waals surface area (Å²) in [5, 5.41) is 7.15. The molecular formula is C16H19N3OS. The van der Waals surface area contributed by atoms with Crippen LogP contribution in [0.3, 0.4) is 0 Å². The van der Waals surface area contributed by atoms with Crippen LogP contribution in [0, 0.1) is 0 Å². The molecule has 1 N–H and O–H groups in total. The van der Waals surface area contributed by atoms with Gasteiger partial charge in [-0.25, -0.2) is 4.68 Å². The minimum Gasteiger partial charge on any atom is -0.310 e. The highest BCUT2D eigenvalue weighted by Crippen LogP contribution is 2.10. The van der Waals surface area contributed by atoms with E-state index in [1.54, 1.807) is 12.3 Å². The Labute approximate surface area is 129 Å². The Hall–Kier alpha value is -2.01. The van der Waals surface area contributed by atoms with Crippen molar-refractivity contribution in [3.8, 4) is 0 Å². The number of benzene rings is 1. The van der Waals surface area contributed by atoms with E-state index >= 15 is 0 Å². The summed E-state index contributed by atoms with van der Waals surface area (Å²) in [4.78, 5) is 11.8. The Bertz CT molecular complexity index is 580. The molecule has 0 bridgehead atoms. The lowest BCUT2D eigenvalue weighted by atomic mass is 10.1. The van der Waals surface area contributed by atoms with Crippen LogP contribution in [0.2, 0.25) is 0 Å². The Morgan fingerprint density at radius 2 is 2.14 bits per heavy atom. The molecule has 110 valence electrons. The van der Waals surface area contributed by atoms with Gasteiger partial charge in [-0.1, -0.05) is 36.4 Å². The van der Waals surface area contributed by atoms with Gasteiger partial charge in [-0.3, -0.25) is 4.79 Å². The summed E-state index contributed by atoms with van der Waals surface area (Å²) in [6.45, 7) is 4.38. The number of nitrogens with zero attached hydrogens (tertiary/aromatic N) is 2. The van der Waals surface area contributed by atoms with Crippen LogP contribution in [0.15, 0.2) is 55.3 Å². The zero-order valence-corrected chi connectivity index (χ0v) is 12.7. The van der Waals surface area contributed by atoms with Crippen molar-refractivity contribution in [2.24, 2.45) is 0 Å². The van der Waals surface area contributed by atoms with Gasteiger partial charge >= 0.3 is 0 Å². The van der Waals surface area contributed by atoms with E-state index in [1.165, 1.54) is 17.3 Å². The monoisotopic (exact) mass is 301 g/mol. The standard InChI is InChI=1S/C16H19N3OS/c1-2-12-21-13-16(20)18-15-8-10-17-19(15)11-9-14-6-4-3-5-7-14/h2-8,10H,1,9,11-13H2,(H,18,20). The van der Waals surface area contributed by atoms with Gasteiger partial charge in [0.1, 0.15) is 5.82 Å². The maximum Gasteiger partial charge on any atom is 0.235 e. The number of thioether (sulfide) groups is 1. The van der Waals surface area contributed by atoms with E-state index in [0.717, 1.165) is 24.5 Å². The van der Waals surface area contributed by atoms with E-state index in [4.69, 9.17) is 0 Å². The largest absolute Gasteiger partial charge is 0.310 e. The zero-order valence-electron chi connectivity index (χ0n) is 11.9. The van der Waals surface area contributed by atoms with Crippen LogP contribution in [0.1, 0.15) is 5.56 Å². The van der Waals surface area contributed by atoms with E-state index in [9.17, 15) is 4.79 Å². The first-order valence-electron chi connectivity index (χ1n) is 6.84. The molecule has 2 rings (SSSR count). The highest BCUT2D eigenvalue weighted by Gasteiger charge is 2.07. The molecule has 1 aromatic carbocycles. The number of hydrogen-bond donors (Lipinski definition) is 1. The van der Waals surface area contributed by atoms with Crippen LogP contribution in [-0.4, -0.2) is 27.2 Å². The first-order valence-corrected chi connectivity index (χ1v) is 7.99. The molecule has 0 aliphatic rings. The molecule has 0 saturated heterocycles. The molecule has 1 heterocycles. The highest BCUT2D eigenvalue weighted by molar-refractivity contribution is 8.00. The average molecular weight is 301 g/mol. The highest BCUT2D eigenvalue weighted by atomic mass is 32.2. The van der Waals surface area contributed by atoms with Crippen LogP contribution in [-0.2, 0) is 17.8 Å². The molecule has 0 saturated carbocycles. The van der Waals surface area contributed by atoms with E-state index < -0.39 is 0 Å². The molecular weight excluding hydrogens is 282 g/mol. The summed E-state index contributed by atoms with van der Waals surface area (Å²) in [7, 11) is 0. The van der Waals surface area contributed by atoms with Crippen LogP contribution < -0.4 is 5.32 Å². The number of aromatic nitrogens is 2. The van der Waals surface area contributed by atoms with Gasteiger partial charge in [0.25, 0.3) is 0 Å². The Balaban J connectivity index is 1.86. The molecule has 1 amide bonds. The van der Waals surface area contributed by atoms with Gasteiger partial charge < -0.3 is 5.32 Å². The van der Waals surface area contributed by atoms with Crippen LogP contribution in [0.5, 0.6) is 0 Å². The summed E-state index contributed by atoms with van der Waals surface area (Å²) in [6.07, 6.45) is 4.39. The minimum absolute atomic E-state index is 0.0108. The van der Waals surface area contributed by atoms with Crippen molar-refractivity contribution in [2.75, 3.05) is 16.8 Å². The number of hydrogen-bond acceptors (Lipinski definition) is 3. The number of rotatable bonds is 8. The third kappa shape index (κ3) is 5.11. The summed E-state index contributed by atoms with van der Waals surface area (Å²) < 4.78 is 1.82. The Morgan fingerprint density at radius 1 is 1.33 bits per heavy atom. The maximum absolute atomic E-state index is 11.8. The number of carbonyl (C=O) groups excluding carboxylic acids is 1. The molecule has 0 aliphatic heterocycles. The molecule has 0 unspecified atom stereocenters. The molecule has 0 spiro atoms. The van der Waals surface area contributed by atoms with Crippen LogP contribution in [0.25, 0.3) is 0 Å². The van der Waals surface area contributed by atoms with E-state index in [2.05, 4.69) is 29.1 Å². The molecule has 0 aliphatic carbocycles. The second-order valence-electron chi connectivity index (χ2n) is 4.53. The number of nitrogens with one attached hydrogen (secondary N) is 1. The lowest BCUT2D eigenvalue weighted by molar-refractivity contribution is -0.113. The fourth-order valence-corrected chi connectivity index (χ4v) is 2.45. The maximum atomic E-state index is 11.8. The van der Waals surface area contributed by atoms with Crippen molar-refractivity contribution < 1.29 is 4.79 Å². The van der Waals surface area contributed by atoms with E-state index in [0.29, 0.717) is 5.75 Å². The molecule has 1 aromatic heterocycles. The molecule has 5 heteroatoms. The minimum atomic E-state index is -0.0108. The molecule has 0 radical (unpaired) electrons. The van der Waals surface area contributed by atoms with Gasteiger partial charge in [0.05, 0.1) is 11.9 Å². The Morgan fingerprint density at radius 3 is 2.90 bits per heavy atom. The van der Waals surface area contributed by atoms with E-state index in [1.807, 2.05) is 28.9 Å². The van der Waals surface area contributed by atoms with Gasteiger partial charge in [-0.15, -0.1) is 18.3 Å².